The number of halogens is 5. The van der Waals surface area contributed by atoms with Gasteiger partial charge in [0.25, 0.3) is 15.9 Å². The highest BCUT2D eigenvalue weighted by Gasteiger charge is 2.31. The fourth-order valence-electron chi connectivity index (χ4n) is 2.87. The van der Waals surface area contributed by atoms with E-state index in [1.807, 2.05) is 0 Å². The fourth-order valence-corrected chi connectivity index (χ4v) is 5.55. The Morgan fingerprint density at radius 2 is 1.71 bits per heavy atom. The van der Waals surface area contributed by atoms with Gasteiger partial charge in [-0.1, -0.05) is 23.2 Å². The van der Waals surface area contributed by atoms with E-state index in [1.165, 1.54) is 6.07 Å². The minimum Gasteiger partial charge on any atom is -0.367 e. The van der Waals surface area contributed by atoms with Gasteiger partial charge >= 0.3 is 6.18 Å². The van der Waals surface area contributed by atoms with E-state index < -0.39 is 34.2 Å². The standard InChI is InChI=1S/C22H20Cl2F3N5O4S2/c23-15-3-1-13(2-4-15)21(34)31-11-16-5-6-19(37-16)38(35,36)32-12-18(33)28-7-8-29-20-17(24)9-14(10-30-20)22(25,26)27/h1-6,9-10,32H,7-8,11-12H2,(H,28,33)(H,29,30)(H,31,34). The Bertz CT molecular complexity index is 1400. The van der Waals surface area contributed by atoms with Crippen LogP contribution < -0.4 is 20.7 Å². The van der Waals surface area contributed by atoms with Gasteiger partial charge in [0.05, 0.1) is 23.7 Å². The number of sulfonamides is 1. The zero-order valence-electron chi connectivity index (χ0n) is 19.2. The number of hydrogen-bond donors (Lipinski definition) is 4. The summed E-state index contributed by atoms with van der Waals surface area (Å²) >= 11 is 12.5. The maximum atomic E-state index is 12.7. The van der Waals surface area contributed by atoms with E-state index >= 15 is 0 Å². The number of amides is 2. The Hall–Kier alpha value is -2.91. The fraction of sp³-hybridized carbons (Fsp3) is 0.227. The second-order valence-corrected chi connectivity index (χ2v) is 11.6. The van der Waals surface area contributed by atoms with Crippen LogP contribution in [-0.4, -0.2) is 44.9 Å². The molecule has 3 rings (SSSR count). The van der Waals surface area contributed by atoms with Crippen molar-refractivity contribution in [1.82, 2.24) is 20.3 Å². The van der Waals surface area contributed by atoms with Gasteiger partial charge in [-0.15, -0.1) is 11.3 Å². The molecule has 0 atom stereocenters. The summed E-state index contributed by atoms with van der Waals surface area (Å²) in [6.07, 6.45) is -3.94. The van der Waals surface area contributed by atoms with Gasteiger partial charge in [-0.2, -0.15) is 13.2 Å². The number of nitrogens with zero attached hydrogens (tertiary/aromatic N) is 1. The van der Waals surface area contributed by atoms with Crippen LogP contribution in [0, 0.1) is 0 Å². The highest BCUT2D eigenvalue weighted by Crippen LogP contribution is 2.32. The number of nitrogens with one attached hydrogen (secondary N) is 4. The molecular formula is C22H20Cl2F3N5O4S2. The molecule has 0 aliphatic heterocycles. The van der Waals surface area contributed by atoms with Crippen molar-refractivity contribution in [3.05, 3.63) is 74.7 Å². The molecule has 0 unspecified atom stereocenters. The summed E-state index contributed by atoms with van der Waals surface area (Å²) in [6, 6.07) is 9.93. The smallest absolute Gasteiger partial charge is 0.367 e. The van der Waals surface area contributed by atoms with Gasteiger partial charge in [0.2, 0.25) is 5.91 Å². The minimum absolute atomic E-state index is 0.00692. The molecule has 2 amide bonds. The van der Waals surface area contributed by atoms with Crippen LogP contribution in [0.25, 0.3) is 0 Å². The minimum atomic E-state index is -4.57. The molecule has 0 saturated carbocycles. The highest BCUT2D eigenvalue weighted by atomic mass is 35.5. The van der Waals surface area contributed by atoms with Crippen molar-refractivity contribution in [2.75, 3.05) is 25.0 Å². The van der Waals surface area contributed by atoms with Crippen molar-refractivity contribution in [3.8, 4) is 0 Å². The summed E-state index contributed by atoms with van der Waals surface area (Å²) in [5, 5.41) is 8.08. The number of hydrogen-bond acceptors (Lipinski definition) is 7. The van der Waals surface area contributed by atoms with E-state index in [0.29, 0.717) is 21.7 Å². The maximum Gasteiger partial charge on any atom is 0.417 e. The summed E-state index contributed by atoms with van der Waals surface area (Å²) in [5.74, 6) is -0.971. The van der Waals surface area contributed by atoms with Crippen molar-refractivity contribution in [2.45, 2.75) is 16.9 Å². The van der Waals surface area contributed by atoms with Crippen LogP contribution in [0.4, 0.5) is 19.0 Å². The molecule has 0 aliphatic rings. The molecule has 0 spiro atoms. The Kier molecular flexibility index (Phi) is 9.95. The van der Waals surface area contributed by atoms with Gasteiger partial charge in [-0.25, -0.2) is 18.1 Å². The average Bonchev–Trinajstić information content (AvgIpc) is 3.35. The number of benzene rings is 1. The van der Waals surface area contributed by atoms with Gasteiger partial charge < -0.3 is 16.0 Å². The van der Waals surface area contributed by atoms with E-state index in [2.05, 4.69) is 25.7 Å². The summed E-state index contributed by atoms with van der Waals surface area (Å²) in [5.41, 5.74) is -0.588. The van der Waals surface area contributed by atoms with Gasteiger partial charge in [0.15, 0.2) is 0 Å². The number of rotatable bonds is 11. The first-order valence-corrected chi connectivity index (χ1v) is 13.8. The van der Waals surface area contributed by atoms with Crippen LogP contribution >= 0.6 is 34.5 Å². The lowest BCUT2D eigenvalue weighted by Gasteiger charge is -2.11. The van der Waals surface area contributed by atoms with E-state index in [1.54, 1.807) is 30.3 Å². The predicted molar refractivity (Wildman–Crippen MR) is 138 cm³/mol. The Balaban J connectivity index is 1.41. The largest absolute Gasteiger partial charge is 0.417 e. The zero-order chi connectivity index (χ0) is 27.9. The Labute approximate surface area is 229 Å². The van der Waals surface area contributed by atoms with Gasteiger partial charge in [-0.3, -0.25) is 9.59 Å². The van der Waals surface area contributed by atoms with Gasteiger partial charge in [0.1, 0.15) is 10.0 Å². The molecular weight excluding hydrogens is 590 g/mol. The number of carbonyl (C=O) groups is 2. The van der Waals surface area contributed by atoms with Crippen LogP contribution in [-0.2, 0) is 27.5 Å². The summed E-state index contributed by atoms with van der Waals surface area (Å²) in [4.78, 5) is 28.4. The molecule has 0 fully saturated rings. The monoisotopic (exact) mass is 609 g/mol. The number of anilines is 1. The van der Waals surface area contributed by atoms with Gasteiger partial charge in [0, 0.05) is 34.7 Å². The third-order valence-corrected chi connectivity index (χ3v) is 8.28. The first kappa shape index (κ1) is 29.6. The molecule has 1 aromatic carbocycles. The molecule has 0 bridgehead atoms. The molecule has 2 heterocycles. The molecule has 38 heavy (non-hydrogen) atoms. The molecule has 0 aliphatic carbocycles. The summed E-state index contributed by atoms with van der Waals surface area (Å²) in [7, 11) is -3.98. The van der Waals surface area contributed by atoms with Crippen LogP contribution in [0.15, 0.2) is 52.9 Å². The Morgan fingerprint density at radius 1 is 1.00 bits per heavy atom. The first-order valence-electron chi connectivity index (χ1n) is 10.7. The van der Waals surface area contributed by atoms with Crippen molar-refractivity contribution < 1.29 is 31.2 Å². The van der Waals surface area contributed by atoms with Crippen molar-refractivity contribution in [2.24, 2.45) is 0 Å². The van der Waals surface area contributed by atoms with Crippen molar-refractivity contribution >= 4 is 62.2 Å². The third-order valence-electron chi connectivity index (χ3n) is 4.76. The zero-order valence-corrected chi connectivity index (χ0v) is 22.4. The van der Waals surface area contributed by atoms with Crippen LogP contribution in [0.2, 0.25) is 10.0 Å². The molecule has 0 radical (unpaired) electrons. The molecule has 3 aromatic rings. The summed E-state index contributed by atoms with van der Waals surface area (Å²) < 4.78 is 65.1. The molecule has 9 nitrogen and oxygen atoms in total. The molecule has 2 aromatic heterocycles. The van der Waals surface area contributed by atoms with E-state index in [-0.39, 0.29) is 40.6 Å². The normalized spacial score (nSPS) is 11.7. The molecule has 204 valence electrons. The number of pyridine rings is 1. The number of aromatic nitrogens is 1. The average molecular weight is 610 g/mol. The van der Waals surface area contributed by atoms with Crippen LogP contribution in [0.3, 0.4) is 0 Å². The van der Waals surface area contributed by atoms with Crippen LogP contribution in [0.5, 0.6) is 0 Å². The number of carbonyl (C=O) groups excluding carboxylic acids is 2. The first-order chi connectivity index (χ1) is 17.8. The summed E-state index contributed by atoms with van der Waals surface area (Å²) in [6.45, 7) is -0.336. The van der Waals surface area contributed by atoms with E-state index in [0.717, 1.165) is 17.4 Å². The second-order valence-electron chi connectivity index (χ2n) is 7.56. The lowest BCUT2D eigenvalue weighted by atomic mass is 10.2. The predicted octanol–water partition coefficient (Wildman–Crippen LogP) is 3.91. The number of thiophene rings is 1. The molecule has 4 N–H and O–H groups in total. The maximum absolute atomic E-state index is 12.7. The lowest BCUT2D eigenvalue weighted by molar-refractivity contribution is -0.137. The lowest BCUT2D eigenvalue weighted by Crippen LogP contribution is -2.38. The molecule has 0 saturated heterocycles. The van der Waals surface area contributed by atoms with Crippen molar-refractivity contribution in [3.63, 3.8) is 0 Å². The van der Waals surface area contributed by atoms with Crippen molar-refractivity contribution in [1.29, 1.82) is 0 Å². The van der Waals surface area contributed by atoms with E-state index in [4.69, 9.17) is 23.2 Å². The highest BCUT2D eigenvalue weighted by molar-refractivity contribution is 7.91. The quantitative estimate of drug-likeness (QED) is 0.244. The Morgan fingerprint density at radius 3 is 2.37 bits per heavy atom. The second kappa shape index (κ2) is 12.8. The van der Waals surface area contributed by atoms with Crippen LogP contribution in [0.1, 0.15) is 20.8 Å². The third kappa shape index (κ3) is 8.56. The number of alkyl halides is 3. The molecule has 16 heteroatoms. The SMILES string of the molecule is O=C(CNS(=O)(=O)c1ccc(CNC(=O)c2ccc(Cl)cc2)s1)NCCNc1ncc(C(F)(F)F)cc1Cl. The topological polar surface area (TPSA) is 129 Å². The van der Waals surface area contributed by atoms with E-state index in [9.17, 15) is 31.2 Å². The van der Waals surface area contributed by atoms with Gasteiger partial charge in [-0.05, 0) is 42.5 Å².